The molecule has 0 aromatic heterocycles. The SMILES string of the molecule is CC(C)C(C)(C)CNCCCCc1ccccc1. The minimum absolute atomic E-state index is 0.402. The maximum atomic E-state index is 3.59. The number of rotatable bonds is 8. The van der Waals surface area contributed by atoms with Gasteiger partial charge in [0.2, 0.25) is 0 Å². The van der Waals surface area contributed by atoms with Gasteiger partial charge in [0.05, 0.1) is 0 Å². The fraction of sp³-hybridized carbons (Fsp3) is 0.647. The molecule has 0 amide bonds. The molecule has 102 valence electrons. The van der Waals surface area contributed by atoms with Crippen LogP contribution < -0.4 is 5.32 Å². The Morgan fingerprint density at radius 2 is 1.72 bits per heavy atom. The molecule has 1 heteroatoms. The van der Waals surface area contributed by atoms with Gasteiger partial charge in [-0.3, -0.25) is 0 Å². The van der Waals surface area contributed by atoms with E-state index >= 15 is 0 Å². The van der Waals surface area contributed by atoms with Crippen molar-refractivity contribution in [1.82, 2.24) is 5.32 Å². The van der Waals surface area contributed by atoms with Crippen molar-refractivity contribution in [3.05, 3.63) is 35.9 Å². The van der Waals surface area contributed by atoms with Gasteiger partial charge in [0.15, 0.2) is 0 Å². The third kappa shape index (κ3) is 5.68. The van der Waals surface area contributed by atoms with Gasteiger partial charge in [-0.2, -0.15) is 0 Å². The van der Waals surface area contributed by atoms with Crippen LogP contribution in [0.4, 0.5) is 0 Å². The second kappa shape index (κ2) is 7.58. The standard InChI is InChI=1S/C17H29N/c1-15(2)17(3,4)14-18-13-9-8-12-16-10-6-5-7-11-16/h5-7,10-11,15,18H,8-9,12-14H2,1-4H3. The van der Waals surface area contributed by atoms with Gasteiger partial charge in [-0.1, -0.05) is 58.0 Å². The molecule has 0 heterocycles. The lowest BCUT2D eigenvalue weighted by molar-refractivity contribution is 0.238. The number of benzene rings is 1. The zero-order chi connectivity index (χ0) is 13.4. The summed E-state index contributed by atoms with van der Waals surface area (Å²) in [6.07, 6.45) is 3.75. The minimum Gasteiger partial charge on any atom is -0.316 e. The van der Waals surface area contributed by atoms with E-state index in [1.165, 1.54) is 24.8 Å². The predicted molar refractivity (Wildman–Crippen MR) is 80.9 cm³/mol. The molecule has 18 heavy (non-hydrogen) atoms. The van der Waals surface area contributed by atoms with Crippen LogP contribution in [0.25, 0.3) is 0 Å². The highest BCUT2D eigenvalue weighted by atomic mass is 14.9. The largest absolute Gasteiger partial charge is 0.316 e. The molecule has 0 fully saturated rings. The van der Waals surface area contributed by atoms with Gasteiger partial charge in [-0.05, 0) is 42.7 Å². The van der Waals surface area contributed by atoms with Crippen molar-refractivity contribution in [3.63, 3.8) is 0 Å². The molecule has 0 saturated heterocycles. The highest BCUT2D eigenvalue weighted by Crippen LogP contribution is 2.24. The van der Waals surface area contributed by atoms with Crippen LogP contribution in [0.1, 0.15) is 46.1 Å². The fourth-order valence-electron chi connectivity index (χ4n) is 1.84. The topological polar surface area (TPSA) is 12.0 Å². The lowest BCUT2D eigenvalue weighted by Gasteiger charge is -2.29. The summed E-state index contributed by atoms with van der Waals surface area (Å²) < 4.78 is 0. The van der Waals surface area contributed by atoms with E-state index in [1.54, 1.807) is 0 Å². The van der Waals surface area contributed by atoms with E-state index in [0.29, 0.717) is 5.41 Å². The van der Waals surface area contributed by atoms with Crippen molar-refractivity contribution in [2.24, 2.45) is 11.3 Å². The van der Waals surface area contributed by atoms with Crippen LogP contribution in [0.15, 0.2) is 30.3 Å². The first-order chi connectivity index (χ1) is 8.52. The molecule has 1 rings (SSSR count). The molecule has 1 aromatic rings. The summed E-state index contributed by atoms with van der Waals surface area (Å²) in [6.45, 7) is 11.6. The molecule has 0 bridgehead atoms. The Balaban J connectivity index is 2.06. The summed E-state index contributed by atoms with van der Waals surface area (Å²) in [5, 5.41) is 3.59. The highest BCUT2D eigenvalue weighted by molar-refractivity contribution is 5.14. The predicted octanol–water partition coefficient (Wildman–Crippen LogP) is 4.28. The molecule has 0 atom stereocenters. The molecule has 0 aliphatic carbocycles. The summed E-state index contributed by atoms with van der Waals surface area (Å²) in [5.41, 5.74) is 1.86. The Bertz CT molecular complexity index is 314. The average Bonchev–Trinajstić information content (AvgIpc) is 2.34. The highest BCUT2D eigenvalue weighted by Gasteiger charge is 2.21. The summed E-state index contributed by atoms with van der Waals surface area (Å²) >= 11 is 0. The molecule has 0 aliphatic heterocycles. The molecule has 1 nitrogen and oxygen atoms in total. The lowest BCUT2D eigenvalue weighted by atomic mass is 9.81. The van der Waals surface area contributed by atoms with Crippen molar-refractivity contribution in [1.29, 1.82) is 0 Å². The van der Waals surface area contributed by atoms with E-state index in [-0.39, 0.29) is 0 Å². The van der Waals surface area contributed by atoms with Crippen molar-refractivity contribution in [2.75, 3.05) is 13.1 Å². The smallest absolute Gasteiger partial charge is 0.000496 e. The van der Waals surface area contributed by atoms with E-state index in [2.05, 4.69) is 63.3 Å². The summed E-state index contributed by atoms with van der Waals surface area (Å²) in [5.74, 6) is 0.731. The molecular weight excluding hydrogens is 218 g/mol. The average molecular weight is 247 g/mol. The monoisotopic (exact) mass is 247 g/mol. The Morgan fingerprint density at radius 1 is 1.06 bits per heavy atom. The van der Waals surface area contributed by atoms with Crippen LogP contribution in [0.2, 0.25) is 0 Å². The molecule has 0 aliphatic rings. The Morgan fingerprint density at radius 3 is 2.33 bits per heavy atom. The first-order valence-electron chi connectivity index (χ1n) is 7.27. The Kier molecular flexibility index (Phi) is 6.42. The quantitative estimate of drug-likeness (QED) is 0.676. The second-order valence-corrected chi connectivity index (χ2v) is 6.26. The third-order valence-electron chi connectivity index (χ3n) is 4.06. The van der Waals surface area contributed by atoms with Crippen LogP contribution in [0.3, 0.4) is 0 Å². The zero-order valence-electron chi connectivity index (χ0n) is 12.5. The molecule has 0 radical (unpaired) electrons. The van der Waals surface area contributed by atoms with Crippen molar-refractivity contribution in [2.45, 2.75) is 47.0 Å². The van der Waals surface area contributed by atoms with Crippen molar-refractivity contribution >= 4 is 0 Å². The zero-order valence-corrected chi connectivity index (χ0v) is 12.5. The summed E-state index contributed by atoms with van der Waals surface area (Å²) in [4.78, 5) is 0. The summed E-state index contributed by atoms with van der Waals surface area (Å²) in [6, 6.07) is 10.8. The van der Waals surface area contributed by atoms with Crippen LogP contribution in [0, 0.1) is 11.3 Å². The third-order valence-corrected chi connectivity index (χ3v) is 4.06. The maximum absolute atomic E-state index is 3.59. The summed E-state index contributed by atoms with van der Waals surface area (Å²) in [7, 11) is 0. The van der Waals surface area contributed by atoms with Gasteiger partial charge in [-0.25, -0.2) is 0 Å². The van der Waals surface area contributed by atoms with Crippen molar-refractivity contribution in [3.8, 4) is 0 Å². The normalized spacial score (nSPS) is 12.1. The number of hydrogen-bond acceptors (Lipinski definition) is 1. The van der Waals surface area contributed by atoms with Crippen LogP contribution in [-0.4, -0.2) is 13.1 Å². The number of hydrogen-bond donors (Lipinski definition) is 1. The van der Waals surface area contributed by atoms with Gasteiger partial charge in [0, 0.05) is 6.54 Å². The molecular formula is C17H29N. The van der Waals surface area contributed by atoms with Gasteiger partial charge >= 0.3 is 0 Å². The molecule has 1 aromatic carbocycles. The molecule has 0 spiro atoms. The van der Waals surface area contributed by atoms with E-state index in [9.17, 15) is 0 Å². The van der Waals surface area contributed by atoms with Gasteiger partial charge in [-0.15, -0.1) is 0 Å². The Hall–Kier alpha value is -0.820. The van der Waals surface area contributed by atoms with E-state index in [0.717, 1.165) is 19.0 Å². The van der Waals surface area contributed by atoms with Gasteiger partial charge in [0.1, 0.15) is 0 Å². The molecule has 0 unspecified atom stereocenters. The van der Waals surface area contributed by atoms with E-state index < -0.39 is 0 Å². The van der Waals surface area contributed by atoms with Crippen molar-refractivity contribution < 1.29 is 0 Å². The molecule has 1 N–H and O–H groups in total. The first-order valence-corrected chi connectivity index (χ1v) is 7.27. The fourth-order valence-corrected chi connectivity index (χ4v) is 1.84. The maximum Gasteiger partial charge on any atom is 0.000496 e. The molecule has 0 saturated carbocycles. The second-order valence-electron chi connectivity index (χ2n) is 6.26. The van der Waals surface area contributed by atoms with Crippen LogP contribution >= 0.6 is 0 Å². The Labute approximate surface area is 113 Å². The van der Waals surface area contributed by atoms with Crippen LogP contribution in [-0.2, 0) is 6.42 Å². The minimum atomic E-state index is 0.402. The van der Waals surface area contributed by atoms with E-state index in [4.69, 9.17) is 0 Å². The number of aryl methyl sites for hydroxylation is 1. The van der Waals surface area contributed by atoms with E-state index in [1.807, 2.05) is 0 Å². The number of nitrogens with one attached hydrogen (secondary N) is 1. The first kappa shape index (κ1) is 15.2. The van der Waals surface area contributed by atoms with Gasteiger partial charge < -0.3 is 5.32 Å². The lowest BCUT2D eigenvalue weighted by Crippen LogP contribution is -2.33. The van der Waals surface area contributed by atoms with Crippen LogP contribution in [0.5, 0.6) is 0 Å². The number of unbranched alkanes of at least 4 members (excludes halogenated alkanes) is 1. The van der Waals surface area contributed by atoms with Gasteiger partial charge in [0.25, 0.3) is 0 Å².